The number of hydrogen-bond acceptors (Lipinski definition) is 2. The van der Waals surface area contributed by atoms with Crippen molar-refractivity contribution in [2.24, 2.45) is 5.92 Å². The van der Waals surface area contributed by atoms with Gasteiger partial charge in [0.05, 0.1) is 0 Å². The van der Waals surface area contributed by atoms with Gasteiger partial charge in [-0.25, -0.2) is 0 Å². The predicted molar refractivity (Wildman–Crippen MR) is 84.8 cm³/mol. The van der Waals surface area contributed by atoms with Gasteiger partial charge in [-0.3, -0.25) is 4.90 Å². The predicted octanol–water partition coefficient (Wildman–Crippen LogP) is 3.35. The molecule has 0 radical (unpaired) electrons. The minimum atomic E-state index is 0.327. The zero-order valence-electron chi connectivity index (χ0n) is 13.2. The Balaban J connectivity index is 1.77. The number of aryl methyl sites for hydroxylation is 1. The summed E-state index contributed by atoms with van der Waals surface area (Å²) in [6.07, 6.45) is 4.08. The first-order valence-electron chi connectivity index (χ1n) is 8.12. The molecule has 1 N–H and O–H groups in total. The van der Waals surface area contributed by atoms with Crippen LogP contribution in [0.15, 0.2) is 24.3 Å². The lowest BCUT2D eigenvalue weighted by atomic mass is 9.94. The monoisotopic (exact) mass is 272 g/mol. The van der Waals surface area contributed by atoms with Gasteiger partial charge in [-0.15, -0.1) is 0 Å². The highest BCUT2D eigenvalue weighted by Crippen LogP contribution is 2.41. The molecule has 1 saturated carbocycles. The largest absolute Gasteiger partial charge is 0.310 e. The van der Waals surface area contributed by atoms with Gasteiger partial charge in [-0.2, -0.15) is 0 Å². The molecule has 1 aromatic carbocycles. The Bertz CT molecular complexity index is 466. The summed E-state index contributed by atoms with van der Waals surface area (Å²) in [5, 5.41) is 3.84. The topological polar surface area (TPSA) is 15.3 Å². The molecule has 110 valence electrons. The van der Waals surface area contributed by atoms with Crippen LogP contribution in [0.25, 0.3) is 0 Å². The maximum Gasteiger partial charge on any atom is 0.0308 e. The Morgan fingerprint density at radius 1 is 1.25 bits per heavy atom. The van der Waals surface area contributed by atoms with Crippen molar-refractivity contribution >= 4 is 0 Å². The van der Waals surface area contributed by atoms with Crippen LogP contribution in [0.3, 0.4) is 0 Å². The molecule has 2 unspecified atom stereocenters. The number of hydrogen-bond donors (Lipinski definition) is 1. The second-order valence-corrected chi connectivity index (χ2v) is 7.09. The fourth-order valence-corrected chi connectivity index (χ4v) is 3.59. The number of nitrogens with zero attached hydrogens (tertiary/aromatic N) is 1. The zero-order valence-corrected chi connectivity index (χ0v) is 13.2. The van der Waals surface area contributed by atoms with Gasteiger partial charge in [0.15, 0.2) is 0 Å². The molecule has 1 heterocycles. The summed E-state index contributed by atoms with van der Waals surface area (Å²) in [6, 6.07) is 9.50. The van der Waals surface area contributed by atoms with E-state index in [1.54, 1.807) is 0 Å². The molecule has 1 aliphatic carbocycles. The van der Waals surface area contributed by atoms with Gasteiger partial charge >= 0.3 is 0 Å². The summed E-state index contributed by atoms with van der Waals surface area (Å²) in [5.41, 5.74) is 3.23. The highest BCUT2D eigenvalue weighted by atomic mass is 15.2. The quantitative estimate of drug-likeness (QED) is 0.908. The standard InChI is InChI=1S/C18H28N2/c1-14-6-4-5-7-16(14)12-20-13-18(3,17-8-9-17)19-11-10-15(20)2/h4-7,15,17,19H,8-13H2,1-3H3. The van der Waals surface area contributed by atoms with Crippen LogP contribution < -0.4 is 5.32 Å². The molecule has 20 heavy (non-hydrogen) atoms. The third kappa shape index (κ3) is 2.91. The third-order valence-electron chi connectivity index (χ3n) is 5.36. The molecule has 3 rings (SSSR count). The molecule has 2 heteroatoms. The van der Waals surface area contributed by atoms with Crippen molar-refractivity contribution in [2.75, 3.05) is 13.1 Å². The second kappa shape index (κ2) is 5.50. The van der Waals surface area contributed by atoms with Crippen molar-refractivity contribution < 1.29 is 0 Å². The van der Waals surface area contributed by atoms with Crippen molar-refractivity contribution in [1.29, 1.82) is 0 Å². The van der Waals surface area contributed by atoms with Crippen molar-refractivity contribution in [3.63, 3.8) is 0 Å². The van der Waals surface area contributed by atoms with Crippen LogP contribution >= 0.6 is 0 Å². The zero-order chi connectivity index (χ0) is 14.2. The van der Waals surface area contributed by atoms with Gasteiger partial charge in [-0.1, -0.05) is 24.3 Å². The van der Waals surface area contributed by atoms with E-state index in [9.17, 15) is 0 Å². The van der Waals surface area contributed by atoms with Gasteiger partial charge in [0, 0.05) is 24.7 Å². The lowest BCUT2D eigenvalue weighted by molar-refractivity contribution is 0.154. The molecule has 0 aromatic heterocycles. The second-order valence-electron chi connectivity index (χ2n) is 7.09. The average Bonchev–Trinajstić information content (AvgIpc) is 3.24. The fraction of sp³-hybridized carbons (Fsp3) is 0.667. The molecular weight excluding hydrogens is 244 g/mol. The van der Waals surface area contributed by atoms with Gasteiger partial charge in [0.2, 0.25) is 0 Å². The highest BCUT2D eigenvalue weighted by Gasteiger charge is 2.43. The first-order valence-corrected chi connectivity index (χ1v) is 8.12. The molecule has 1 aliphatic heterocycles. The Kier molecular flexibility index (Phi) is 3.87. The Labute approximate surface area is 123 Å². The summed E-state index contributed by atoms with van der Waals surface area (Å²) in [7, 11) is 0. The van der Waals surface area contributed by atoms with Crippen LogP contribution in [0, 0.1) is 12.8 Å². The maximum atomic E-state index is 3.84. The van der Waals surface area contributed by atoms with Gasteiger partial charge in [0.25, 0.3) is 0 Å². The van der Waals surface area contributed by atoms with Gasteiger partial charge in [0.1, 0.15) is 0 Å². The lowest BCUT2D eigenvalue weighted by Gasteiger charge is -2.36. The van der Waals surface area contributed by atoms with Crippen LogP contribution in [0.5, 0.6) is 0 Å². The van der Waals surface area contributed by atoms with E-state index in [1.807, 2.05) is 0 Å². The Morgan fingerprint density at radius 3 is 2.70 bits per heavy atom. The van der Waals surface area contributed by atoms with Gasteiger partial charge in [-0.05, 0) is 63.6 Å². The molecule has 2 nitrogen and oxygen atoms in total. The summed E-state index contributed by atoms with van der Waals surface area (Å²) in [4.78, 5) is 2.70. The van der Waals surface area contributed by atoms with Crippen LogP contribution in [-0.2, 0) is 6.54 Å². The first kappa shape index (κ1) is 14.1. The van der Waals surface area contributed by atoms with Crippen LogP contribution in [0.4, 0.5) is 0 Å². The van der Waals surface area contributed by atoms with Crippen molar-refractivity contribution in [1.82, 2.24) is 10.2 Å². The van der Waals surface area contributed by atoms with Crippen molar-refractivity contribution in [3.8, 4) is 0 Å². The first-order chi connectivity index (χ1) is 9.58. The maximum absolute atomic E-state index is 3.84. The molecule has 2 aliphatic rings. The number of benzene rings is 1. The van der Waals surface area contributed by atoms with Gasteiger partial charge < -0.3 is 5.32 Å². The van der Waals surface area contributed by atoms with E-state index < -0.39 is 0 Å². The molecule has 2 atom stereocenters. The molecule has 2 fully saturated rings. The molecule has 1 aromatic rings. The van der Waals surface area contributed by atoms with Crippen molar-refractivity contribution in [3.05, 3.63) is 35.4 Å². The van der Waals surface area contributed by atoms with E-state index in [1.165, 1.54) is 43.5 Å². The minimum absolute atomic E-state index is 0.327. The minimum Gasteiger partial charge on any atom is -0.310 e. The molecule has 0 bridgehead atoms. The Morgan fingerprint density at radius 2 is 2.00 bits per heavy atom. The SMILES string of the molecule is Cc1ccccc1CN1CC(C)(C2CC2)NCCC1C. The smallest absolute Gasteiger partial charge is 0.0308 e. The average molecular weight is 272 g/mol. The molecule has 0 amide bonds. The van der Waals surface area contributed by atoms with E-state index in [-0.39, 0.29) is 0 Å². The highest BCUT2D eigenvalue weighted by molar-refractivity contribution is 5.25. The van der Waals surface area contributed by atoms with E-state index in [0.717, 1.165) is 12.5 Å². The van der Waals surface area contributed by atoms with Crippen LogP contribution in [-0.4, -0.2) is 29.6 Å². The number of rotatable bonds is 3. The normalized spacial score (nSPS) is 32.0. The third-order valence-corrected chi connectivity index (χ3v) is 5.36. The van der Waals surface area contributed by atoms with Crippen LogP contribution in [0.2, 0.25) is 0 Å². The summed E-state index contributed by atoms with van der Waals surface area (Å²) in [5.74, 6) is 0.896. The van der Waals surface area contributed by atoms with E-state index >= 15 is 0 Å². The summed E-state index contributed by atoms with van der Waals surface area (Å²) < 4.78 is 0. The van der Waals surface area contributed by atoms with E-state index in [0.29, 0.717) is 11.6 Å². The molecular formula is C18H28N2. The lowest BCUT2D eigenvalue weighted by Crippen LogP contribution is -2.51. The Hall–Kier alpha value is -0.860. The number of nitrogens with one attached hydrogen (secondary N) is 1. The fourth-order valence-electron chi connectivity index (χ4n) is 3.59. The molecule has 1 saturated heterocycles. The summed E-state index contributed by atoms with van der Waals surface area (Å²) in [6.45, 7) is 10.5. The molecule has 0 spiro atoms. The van der Waals surface area contributed by atoms with Crippen LogP contribution in [0.1, 0.15) is 44.2 Å². The summed E-state index contributed by atoms with van der Waals surface area (Å²) >= 11 is 0. The van der Waals surface area contributed by atoms with Crippen molar-refractivity contribution in [2.45, 2.75) is 58.2 Å². The van der Waals surface area contributed by atoms with E-state index in [2.05, 4.69) is 55.3 Å². The van der Waals surface area contributed by atoms with E-state index in [4.69, 9.17) is 0 Å².